The van der Waals surface area contributed by atoms with Crippen LogP contribution in [0.15, 0.2) is 36.3 Å². The highest BCUT2D eigenvalue weighted by Gasteiger charge is 2.01. The van der Waals surface area contributed by atoms with Crippen molar-refractivity contribution in [1.29, 1.82) is 0 Å². The fourth-order valence-corrected chi connectivity index (χ4v) is 0.483. The molecule has 0 aromatic heterocycles. The fraction of sp³-hybridized carbons (Fsp3) is 0.143. The zero-order valence-corrected chi connectivity index (χ0v) is 6.03. The van der Waals surface area contributed by atoms with E-state index in [2.05, 4.69) is 0 Å². The Morgan fingerprint density at radius 3 is 2.64 bits per heavy atom. The first kappa shape index (κ1) is 9.55. The topological polar surface area (TPSA) is 43.1 Å². The number of hydrogen-bond donors (Lipinski definition) is 0. The van der Waals surface area contributed by atoms with Crippen molar-refractivity contribution in [1.82, 2.24) is 0 Å². The van der Waals surface area contributed by atoms with E-state index in [-0.39, 0.29) is 12.0 Å². The first-order valence-electron chi connectivity index (χ1n) is 2.96. The predicted molar refractivity (Wildman–Crippen MR) is 40.1 cm³/mol. The van der Waals surface area contributed by atoms with E-state index in [1.54, 1.807) is 6.92 Å². The van der Waals surface area contributed by atoms with Gasteiger partial charge < -0.3 is 0 Å². The zero-order chi connectivity index (χ0) is 8.69. The summed E-state index contributed by atoms with van der Waals surface area (Å²) in [6.45, 7) is 1.65. The summed E-state index contributed by atoms with van der Waals surface area (Å²) in [5.41, 5.74) is -0.138. The van der Waals surface area contributed by atoms with Crippen LogP contribution in [0.5, 0.6) is 0 Å². The lowest BCUT2D eigenvalue weighted by Crippen LogP contribution is -1.93. The number of halogens is 1. The van der Waals surface area contributed by atoms with Gasteiger partial charge in [0.25, 0.3) is 5.70 Å². The molecular weight excluding hydrogens is 149 g/mol. The molecule has 60 valence electrons. The van der Waals surface area contributed by atoms with Gasteiger partial charge in [0.2, 0.25) is 0 Å². The Balaban J connectivity index is 4.45. The molecule has 0 saturated carbocycles. The summed E-state index contributed by atoms with van der Waals surface area (Å²) in [5, 5.41) is 10.1. The van der Waals surface area contributed by atoms with Crippen LogP contribution in [0.4, 0.5) is 4.39 Å². The molecule has 0 N–H and O–H groups in total. The maximum absolute atomic E-state index is 11.4. The Labute approximate surface area is 63.7 Å². The summed E-state index contributed by atoms with van der Waals surface area (Å²) in [6.07, 6.45) is 5.10. The molecule has 0 aliphatic carbocycles. The minimum Gasteiger partial charge on any atom is -0.258 e. The van der Waals surface area contributed by atoms with Gasteiger partial charge in [0.15, 0.2) is 0 Å². The average molecular weight is 157 g/mol. The maximum Gasteiger partial charge on any atom is 0.269 e. The van der Waals surface area contributed by atoms with Gasteiger partial charge in [-0.05, 0) is 13.0 Å². The average Bonchev–Trinajstić information content (AvgIpc) is 1.97. The molecule has 0 spiro atoms. The van der Waals surface area contributed by atoms with Crippen molar-refractivity contribution < 1.29 is 9.31 Å². The molecule has 0 heterocycles. The standard InChI is InChI=1S/C7H8FNO2/c1-2-4-7(9(10)11)5-3-6-8/h2-6H,1H3/b4-2+,6-3+,7-5+. The fourth-order valence-electron chi connectivity index (χ4n) is 0.483. The van der Waals surface area contributed by atoms with E-state index >= 15 is 0 Å². The molecule has 0 fully saturated rings. The molecule has 0 rings (SSSR count). The van der Waals surface area contributed by atoms with E-state index in [0.717, 1.165) is 12.2 Å². The summed E-state index contributed by atoms with van der Waals surface area (Å²) >= 11 is 0. The van der Waals surface area contributed by atoms with Crippen molar-refractivity contribution in [2.24, 2.45) is 0 Å². The monoisotopic (exact) mass is 157 g/mol. The Morgan fingerprint density at radius 1 is 1.64 bits per heavy atom. The van der Waals surface area contributed by atoms with Crippen molar-refractivity contribution >= 4 is 0 Å². The van der Waals surface area contributed by atoms with Crippen LogP contribution in [0.25, 0.3) is 0 Å². The molecule has 4 heteroatoms. The molecule has 0 aromatic rings. The summed E-state index contributed by atoms with van der Waals surface area (Å²) in [7, 11) is 0. The van der Waals surface area contributed by atoms with Crippen LogP contribution in [-0.2, 0) is 0 Å². The van der Waals surface area contributed by atoms with Crippen LogP contribution in [0.2, 0.25) is 0 Å². The second-order valence-corrected chi connectivity index (χ2v) is 1.67. The van der Waals surface area contributed by atoms with Gasteiger partial charge >= 0.3 is 0 Å². The molecule has 0 aromatic carbocycles. The number of nitro groups is 1. The second kappa shape index (κ2) is 5.34. The Kier molecular flexibility index (Phi) is 4.64. The van der Waals surface area contributed by atoms with E-state index in [9.17, 15) is 14.5 Å². The molecule has 0 radical (unpaired) electrons. The molecule has 0 amide bonds. The van der Waals surface area contributed by atoms with Crippen molar-refractivity contribution in [2.75, 3.05) is 0 Å². The normalized spacial score (nSPS) is 13.1. The third-order valence-electron chi connectivity index (χ3n) is 0.888. The first-order chi connectivity index (χ1) is 5.22. The van der Waals surface area contributed by atoms with Gasteiger partial charge in [0.1, 0.15) is 0 Å². The quantitative estimate of drug-likeness (QED) is 0.358. The molecule has 0 aliphatic heterocycles. The van der Waals surface area contributed by atoms with Crippen LogP contribution in [-0.4, -0.2) is 4.92 Å². The van der Waals surface area contributed by atoms with Gasteiger partial charge in [-0.15, -0.1) is 0 Å². The highest BCUT2D eigenvalue weighted by atomic mass is 19.1. The first-order valence-corrected chi connectivity index (χ1v) is 2.96. The van der Waals surface area contributed by atoms with Gasteiger partial charge in [0.05, 0.1) is 11.3 Å². The van der Waals surface area contributed by atoms with Crippen molar-refractivity contribution in [3.05, 3.63) is 46.4 Å². The molecule has 0 aliphatic rings. The van der Waals surface area contributed by atoms with Crippen molar-refractivity contribution in [3.63, 3.8) is 0 Å². The van der Waals surface area contributed by atoms with Gasteiger partial charge in [-0.2, -0.15) is 0 Å². The second-order valence-electron chi connectivity index (χ2n) is 1.67. The SMILES string of the molecule is C/C=C/C(=C\C=C\F)[N+](=O)[O-]. The van der Waals surface area contributed by atoms with E-state index in [4.69, 9.17) is 0 Å². The highest BCUT2D eigenvalue weighted by Crippen LogP contribution is 1.97. The van der Waals surface area contributed by atoms with Gasteiger partial charge in [-0.1, -0.05) is 6.08 Å². The molecule has 0 saturated heterocycles. The van der Waals surface area contributed by atoms with Crippen molar-refractivity contribution in [2.45, 2.75) is 6.92 Å². The number of nitrogens with zero attached hydrogens (tertiary/aromatic N) is 1. The molecule has 0 unspecified atom stereocenters. The summed E-state index contributed by atoms with van der Waals surface area (Å²) < 4.78 is 11.4. The summed E-state index contributed by atoms with van der Waals surface area (Å²) in [6, 6.07) is 0. The van der Waals surface area contributed by atoms with Gasteiger partial charge in [-0.25, -0.2) is 4.39 Å². The van der Waals surface area contributed by atoms with Crippen LogP contribution in [0, 0.1) is 10.1 Å². The van der Waals surface area contributed by atoms with Gasteiger partial charge in [-0.3, -0.25) is 10.1 Å². The van der Waals surface area contributed by atoms with Crippen molar-refractivity contribution in [3.8, 4) is 0 Å². The molecule has 0 bridgehead atoms. The maximum atomic E-state index is 11.4. The third kappa shape index (κ3) is 4.02. The summed E-state index contributed by atoms with van der Waals surface area (Å²) in [4.78, 5) is 9.54. The van der Waals surface area contributed by atoms with E-state index in [1.165, 1.54) is 12.2 Å². The van der Waals surface area contributed by atoms with Crippen LogP contribution >= 0.6 is 0 Å². The lowest BCUT2D eigenvalue weighted by atomic mass is 10.3. The Hall–Kier alpha value is -1.45. The lowest BCUT2D eigenvalue weighted by Gasteiger charge is -1.86. The zero-order valence-electron chi connectivity index (χ0n) is 6.03. The Morgan fingerprint density at radius 2 is 2.27 bits per heavy atom. The molecular formula is C7H8FNO2. The minimum absolute atomic E-state index is 0.138. The third-order valence-corrected chi connectivity index (χ3v) is 0.888. The number of hydrogen-bond acceptors (Lipinski definition) is 2. The lowest BCUT2D eigenvalue weighted by molar-refractivity contribution is -0.419. The minimum atomic E-state index is -0.583. The predicted octanol–water partition coefficient (Wildman–Crippen LogP) is 2.21. The Bertz CT molecular complexity index is 218. The molecule has 3 nitrogen and oxygen atoms in total. The van der Waals surface area contributed by atoms with E-state index < -0.39 is 4.92 Å². The van der Waals surface area contributed by atoms with Crippen LogP contribution in [0.3, 0.4) is 0 Å². The van der Waals surface area contributed by atoms with E-state index in [0.29, 0.717) is 0 Å². The largest absolute Gasteiger partial charge is 0.269 e. The van der Waals surface area contributed by atoms with E-state index in [1.807, 2.05) is 0 Å². The number of rotatable bonds is 3. The smallest absolute Gasteiger partial charge is 0.258 e. The molecule has 11 heavy (non-hydrogen) atoms. The highest BCUT2D eigenvalue weighted by molar-refractivity contribution is 5.15. The molecule has 0 atom stereocenters. The van der Waals surface area contributed by atoms with Gasteiger partial charge in [0, 0.05) is 12.2 Å². The number of allylic oxidation sites excluding steroid dienone is 4. The summed E-state index contributed by atoms with van der Waals surface area (Å²) in [5.74, 6) is 0. The van der Waals surface area contributed by atoms with Crippen LogP contribution in [0.1, 0.15) is 6.92 Å². The van der Waals surface area contributed by atoms with Crippen LogP contribution < -0.4 is 0 Å².